The quantitative estimate of drug-likeness (QED) is 0.339. The highest BCUT2D eigenvalue weighted by Gasteiger charge is 2.30. The van der Waals surface area contributed by atoms with E-state index in [4.69, 9.17) is 9.84 Å². The predicted molar refractivity (Wildman–Crippen MR) is 146 cm³/mol. The third-order valence-corrected chi connectivity index (χ3v) is 7.40. The first-order chi connectivity index (χ1) is 18.7. The summed E-state index contributed by atoms with van der Waals surface area (Å²) in [5.74, 6) is 4.61. The van der Waals surface area contributed by atoms with Crippen LogP contribution in [0.2, 0.25) is 0 Å². The molecule has 39 heavy (non-hydrogen) atoms. The zero-order valence-corrected chi connectivity index (χ0v) is 22.2. The first-order valence-corrected chi connectivity index (χ1v) is 13.2. The largest absolute Gasteiger partial charge is 0.494 e. The van der Waals surface area contributed by atoms with E-state index >= 15 is 0 Å². The molecule has 202 valence electrons. The Morgan fingerprint density at radius 1 is 1.13 bits per heavy atom. The molecular formula is C28H27FN4O5S. The van der Waals surface area contributed by atoms with Gasteiger partial charge in [-0.2, -0.15) is 5.26 Å². The Bertz CT molecular complexity index is 1500. The van der Waals surface area contributed by atoms with E-state index in [0.29, 0.717) is 37.1 Å². The van der Waals surface area contributed by atoms with Gasteiger partial charge in [0.15, 0.2) is 11.6 Å². The number of hydrogen-bond donors (Lipinski definition) is 2. The molecule has 0 saturated carbocycles. The molecule has 2 unspecified atom stereocenters. The summed E-state index contributed by atoms with van der Waals surface area (Å²) >= 11 is -2.32. The second-order valence-corrected chi connectivity index (χ2v) is 9.87. The maximum Gasteiger partial charge on any atom is 0.305 e. The van der Waals surface area contributed by atoms with E-state index in [1.54, 1.807) is 30.1 Å². The lowest BCUT2D eigenvalue weighted by Gasteiger charge is -2.41. The molecule has 0 spiro atoms. The van der Waals surface area contributed by atoms with Gasteiger partial charge >= 0.3 is 5.97 Å². The van der Waals surface area contributed by atoms with Crippen LogP contribution in [0.1, 0.15) is 30.0 Å². The van der Waals surface area contributed by atoms with Gasteiger partial charge in [0.1, 0.15) is 0 Å². The van der Waals surface area contributed by atoms with Crippen molar-refractivity contribution < 1.29 is 27.8 Å². The average Bonchev–Trinajstić information content (AvgIpc) is 2.92. The van der Waals surface area contributed by atoms with Gasteiger partial charge in [-0.05, 0) is 54.8 Å². The van der Waals surface area contributed by atoms with Gasteiger partial charge in [0.2, 0.25) is 11.3 Å². The maximum atomic E-state index is 14.7. The fraction of sp³-hybridized carbons (Fsp3) is 0.286. The summed E-state index contributed by atoms with van der Waals surface area (Å²) in [5, 5.41) is 21.1. The predicted octanol–water partition coefficient (Wildman–Crippen LogP) is 3.60. The van der Waals surface area contributed by atoms with Crippen LogP contribution >= 0.6 is 0 Å². The van der Waals surface area contributed by atoms with Gasteiger partial charge in [0.05, 0.1) is 25.2 Å². The number of fused-ring (bicyclic) bond motifs is 1. The zero-order valence-electron chi connectivity index (χ0n) is 21.4. The first kappa shape index (κ1) is 28.0. The van der Waals surface area contributed by atoms with Gasteiger partial charge in [0, 0.05) is 54.4 Å². The number of nitriles is 1. The van der Waals surface area contributed by atoms with Crippen molar-refractivity contribution in [2.24, 2.45) is 0 Å². The lowest BCUT2D eigenvalue weighted by atomic mass is 10.0. The van der Waals surface area contributed by atoms with E-state index in [2.05, 4.69) is 16.7 Å². The number of anilines is 1. The molecule has 1 heterocycles. The van der Waals surface area contributed by atoms with Crippen LogP contribution in [0.3, 0.4) is 0 Å². The van der Waals surface area contributed by atoms with E-state index < -0.39 is 29.1 Å². The van der Waals surface area contributed by atoms with Crippen molar-refractivity contribution in [1.29, 1.82) is 5.26 Å². The number of aliphatic carboxylic acids is 1. The van der Waals surface area contributed by atoms with E-state index in [1.807, 2.05) is 30.3 Å². The Balaban J connectivity index is 1.45. The molecule has 3 aromatic rings. The molecule has 4 rings (SSSR count). The molecule has 1 saturated heterocycles. The molecule has 1 fully saturated rings. The molecule has 1 aliphatic rings. The third kappa shape index (κ3) is 6.36. The fourth-order valence-corrected chi connectivity index (χ4v) is 5.38. The Morgan fingerprint density at radius 3 is 2.38 bits per heavy atom. The topological polar surface area (TPSA) is 117 Å². The highest BCUT2D eigenvalue weighted by molar-refractivity contribution is 7.76. The van der Waals surface area contributed by atoms with Gasteiger partial charge in [0.25, 0.3) is 0 Å². The summed E-state index contributed by atoms with van der Waals surface area (Å²) in [5.41, 5.74) is 2.51. The highest BCUT2D eigenvalue weighted by Crippen LogP contribution is 2.30. The van der Waals surface area contributed by atoms with Crippen molar-refractivity contribution in [1.82, 2.24) is 9.42 Å². The Labute approximate surface area is 228 Å². The van der Waals surface area contributed by atoms with Crippen molar-refractivity contribution in [3.8, 4) is 23.7 Å². The first-order valence-electron chi connectivity index (χ1n) is 12.2. The van der Waals surface area contributed by atoms with E-state index in [-0.39, 0.29) is 23.1 Å². The lowest BCUT2D eigenvalue weighted by Crippen LogP contribution is -2.57. The van der Waals surface area contributed by atoms with Crippen molar-refractivity contribution >= 4 is 33.7 Å². The molecule has 0 bridgehead atoms. The molecule has 9 nitrogen and oxygen atoms in total. The summed E-state index contributed by atoms with van der Waals surface area (Å²) in [6, 6.07) is 15.6. The van der Waals surface area contributed by atoms with Crippen molar-refractivity contribution in [2.75, 3.05) is 38.2 Å². The Morgan fingerprint density at radius 2 is 1.79 bits per heavy atom. The second-order valence-electron chi connectivity index (χ2n) is 9.03. The van der Waals surface area contributed by atoms with E-state index in [9.17, 15) is 23.2 Å². The molecule has 0 amide bonds. The molecule has 1 aliphatic heterocycles. The molecule has 2 N–H and O–H groups in total. The minimum atomic E-state index is -2.32. The summed E-state index contributed by atoms with van der Waals surface area (Å²) in [6.07, 6.45) is -0.238. The van der Waals surface area contributed by atoms with Crippen LogP contribution in [0.5, 0.6) is 5.75 Å². The SMILES string of the molecule is COc1ccc2cc(C#Cc3ccc(N4CCN(N(C(C)CC(=O)O)S(=O)O)CC4)cc3)cc(C#N)c2c1F. The molecular weight excluding hydrogens is 523 g/mol. The van der Waals surface area contributed by atoms with Crippen LogP contribution in [0.25, 0.3) is 10.8 Å². The summed E-state index contributed by atoms with van der Waals surface area (Å²) in [6.45, 7) is 3.73. The fourth-order valence-electron chi connectivity index (χ4n) is 4.63. The molecule has 0 aromatic heterocycles. The standard InChI is InChI=1S/C28H27FN4O5S/c1-19(15-26(34)35)33(39(36)37)32-13-11-31(12-14-32)24-8-5-20(6-9-24)3-4-21-16-22-7-10-25(38-2)28(29)27(22)23(17-21)18-30/h5-10,16-17,19H,11-15H2,1-2H3,(H,34,35)(H,36,37). The van der Waals surface area contributed by atoms with Crippen LogP contribution in [0.4, 0.5) is 10.1 Å². The maximum absolute atomic E-state index is 14.7. The number of hydrazine groups is 1. The average molecular weight is 551 g/mol. The number of benzene rings is 3. The van der Waals surface area contributed by atoms with Gasteiger partial charge < -0.3 is 14.7 Å². The smallest absolute Gasteiger partial charge is 0.305 e. The monoisotopic (exact) mass is 550 g/mol. The highest BCUT2D eigenvalue weighted by atomic mass is 32.2. The van der Waals surface area contributed by atoms with Crippen LogP contribution in [0.15, 0.2) is 48.5 Å². The molecule has 11 heteroatoms. The number of ether oxygens (including phenoxy) is 1. The normalized spacial score (nSPS) is 15.3. The molecule has 0 aliphatic carbocycles. The number of carboxylic acids is 1. The minimum Gasteiger partial charge on any atom is -0.494 e. The number of hydrogen-bond acceptors (Lipinski definition) is 6. The zero-order chi connectivity index (χ0) is 28.1. The molecule has 2 atom stereocenters. The number of methoxy groups -OCH3 is 1. The van der Waals surface area contributed by atoms with E-state index in [1.165, 1.54) is 17.6 Å². The second kappa shape index (κ2) is 12.2. The molecule has 0 radical (unpaired) electrons. The van der Waals surface area contributed by atoms with Gasteiger partial charge in [-0.3, -0.25) is 9.35 Å². The number of nitrogens with zero attached hydrogens (tertiary/aromatic N) is 4. The van der Waals surface area contributed by atoms with Crippen molar-refractivity contribution in [3.05, 3.63) is 71.0 Å². The minimum absolute atomic E-state index is 0.0766. The number of halogens is 1. The van der Waals surface area contributed by atoms with Crippen LogP contribution in [-0.2, 0) is 16.1 Å². The summed E-state index contributed by atoms with van der Waals surface area (Å²) in [7, 11) is 1.38. The number of piperazine rings is 1. The van der Waals surface area contributed by atoms with Gasteiger partial charge in [-0.25, -0.2) is 13.6 Å². The number of rotatable bonds is 7. The summed E-state index contributed by atoms with van der Waals surface area (Å²) < 4.78 is 42.5. The molecule has 3 aromatic carbocycles. The van der Waals surface area contributed by atoms with Crippen molar-refractivity contribution in [2.45, 2.75) is 19.4 Å². The number of carbonyl (C=O) groups is 1. The van der Waals surface area contributed by atoms with Gasteiger partial charge in [-0.1, -0.05) is 17.9 Å². The van der Waals surface area contributed by atoms with E-state index in [0.717, 1.165) is 11.3 Å². The van der Waals surface area contributed by atoms with Gasteiger partial charge in [-0.15, -0.1) is 4.41 Å². The summed E-state index contributed by atoms with van der Waals surface area (Å²) in [4.78, 5) is 13.2. The Kier molecular flexibility index (Phi) is 8.79. The van der Waals surface area contributed by atoms with Crippen LogP contribution < -0.4 is 9.64 Å². The van der Waals surface area contributed by atoms with Crippen LogP contribution in [-0.4, -0.2) is 68.6 Å². The van der Waals surface area contributed by atoms with Crippen LogP contribution in [0, 0.1) is 29.0 Å². The Hall–Kier alpha value is -4.00. The lowest BCUT2D eigenvalue weighted by molar-refractivity contribution is -0.139. The third-order valence-electron chi connectivity index (χ3n) is 6.48. The van der Waals surface area contributed by atoms with Crippen molar-refractivity contribution in [3.63, 3.8) is 0 Å². The number of carboxylic acid groups (broad SMARTS) is 1.